The first-order valence-corrected chi connectivity index (χ1v) is 12.1. The van der Waals surface area contributed by atoms with Gasteiger partial charge < -0.3 is 14.6 Å². The topological polar surface area (TPSA) is 80.6 Å². The van der Waals surface area contributed by atoms with E-state index >= 15 is 0 Å². The smallest absolute Gasteiger partial charge is 0.294 e. The summed E-state index contributed by atoms with van der Waals surface area (Å²) in [5.74, 6) is -0.802. The zero-order chi connectivity index (χ0) is 25.3. The lowest BCUT2D eigenvalue weighted by Gasteiger charge is -2.12. The van der Waals surface area contributed by atoms with Gasteiger partial charge in [0.25, 0.3) is 11.1 Å². The molecule has 2 aromatic carbocycles. The van der Waals surface area contributed by atoms with Crippen LogP contribution in [0.15, 0.2) is 57.9 Å². The predicted molar refractivity (Wildman–Crippen MR) is 137 cm³/mol. The van der Waals surface area contributed by atoms with E-state index in [1.807, 2.05) is 19.9 Å². The lowest BCUT2D eigenvalue weighted by molar-refractivity contribution is -0.127. The summed E-state index contributed by atoms with van der Waals surface area (Å²) in [7, 11) is 1.54. The van der Waals surface area contributed by atoms with E-state index in [4.69, 9.17) is 4.74 Å². The number of halogens is 2. The number of methoxy groups -OCH3 is 1. The highest BCUT2D eigenvalue weighted by atomic mass is 79.9. The van der Waals surface area contributed by atoms with Gasteiger partial charge in [0.1, 0.15) is 18.1 Å². The van der Waals surface area contributed by atoms with Gasteiger partial charge >= 0.3 is 0 Å². The molecule has 35 heavy (non-hydrogen) atoms. The average Bonchev–Trinajstić information content (AvgIpc) is 3.23. The fraction of sp³-hybridized carbons (Fsp3) is 0.160. The molecule has 10 heteroatoms. The van der Waals surface area contributed by atoms with Crippen LogP contribution in [0.1, 0.15) is 17.0 Å². The van der Waals surface area contributed by atoms with E-state index in [0.717, 1.165) is 22.4 Å². The molecule has 0 atom stereocenters. The molecule has 0 radical (unpaired) electrons. The van der Waals surface area contributed by atoms with Crippen molar-refractivity contribution in [1.29, 1.82) is 0 Å². The molecule has 0 aliphatic carbocycles. The fourth-order valence-corrected chi connectivity index (χ4v) is 4.93. The maximum atomic E-state index is 14.6. The molecule has 3 aromatic rings. The van der Waals surface area contributed by atoms with E-state index in [1.165, 1.54) is 13.2 Å². The molecule has 0 bridgehead atoms. The summed E-state index contributed by atoms with van der Waals surface area (Å²) >= 11 is 4.03. The minimum Gasteiger partial charge on any atom is -0.497 e. The Morgan fingerprint density at radius 2 is 1.86 bits per heavy atom. The van der Waals surface area contributed by atoms with E-state index in [9.17, 15) is 18.8 Å². The Bertz CT molecular complexity index is 1370. The number of thioether (sulfide) groups is 1. The highest BCUT2D eigenvalue weighted by Gasteiger charge is 2.36. The number of nitrogens with zero attached hydrogens (tertiary/aromatic N) is 2. The molecule has 1 aromatic heterocycles. The van der Waals surface area contributed by atoms with Gasteiger partial charge in [0, 0.05) is 21.5 Å². The van der Waals surface area contributed by atoms with Crippen molar-refractivity contribution in [2.45, 2.75) is 13.8 Å². The van der Waals surface area contributed by atoms with E-state index in [-0.39, 0.29) is 4.91 Å². The van der Waals surface area contributed by atoms with Crippen LogP contribution in [0, 0.1) is 19.7 Å². The molecule has 3 amide bonds. The van der Waals surface area contributed by atoms with Crippen LogP contribution in [0.2, 0.25) is 0 Å². The standard InChI is InChI=1S/C25H21BrFN3O4S/c1-14-10-16(15(2)30(14)21-9-4-17(26)12-20(21)27)11-22-24(32)29(25(33)35-22)13-23(31)28-18-5-7-19(34-3)8-6-18/h4-12H,13H2,1-3H3,(H,28,31)/b22-11+. The summed E-state index contributed by atoms with van der Waals surface area (Å²) in [6, 6.07) is 13.3. The second-order valence-corrected chi connectivity index (χ2v) is 9.71. The first-order valence-electron chi connectivity index (χ1n) is 10.5. The third-order valence-corrected chi connectivity index (χ3v) is 6.86. The van der Waals surface area contributed by atoms with Crippen LogP contribution in [-0.4, -0.2) is 40.2 Å². The summed E-state index contributed by atoms with van der Waals surface area (Å²) in [5.41, 5.74) is 3.07. The first kappa shape index (κ1) is 24.7. The summed E-state index contributed by atoms with van der Waals surface area (Å²) in [4.78, 5) is 38.9. The zero-order valence-electron chi connectivity index (χ0n) is 19.1. The third-order valence-electron chi connectivity index (χ3n) is 5.46. The van der Waals surface area contributed by atoms with Crippen molar-refractivity contribution in [2.24, 2.45) is 0 Å². The molecule has 1 aliphatic rings. The van der Waals surface area contributed by atoms with Gasteiger partial charge in [-0.1, -0.05) is 15.9 Å². The second-order valence-electron chi connectivity index (χ2n) is 7.80. The number of carbonyl (C=O) groups is 3. The summed E-state index contributed by atoms with van der Waals surface area (Å²) < 4.78 is 22.0. The SMILES string of the molecule is COc1ccc(NC(=O)CN2C(=O)S/C(=C/c3cc(C)n(-c4ccc(Br)cc4F)c3C)C2=O)cc1. The molecule has 4 rings (SSSR count). The molecule has 7 nitrogen and oxygen atoms in total. The number of carbonyl (C=O) groups excluding carboxylic acids is 3. The number of benzene rings is 2. The van der Waals surface area contributed by atoms with Crippen molar-refractivity contribution in [3.63, 3.8) is 0 Å². The van der Waals surface area contributed by atoms with Crippen LogP contribution in [0.4, 0.5) is 14.9 Å². The van der Waals surface area contributed by atoms with Crippen LogP contribution in [0.3, 0.4) is 0 Å². The molecule has 180 valence electrons. The Hall–Kier alpha value is -3.37. The Kier molecular flexibility index (Phi) is 7.13. The minimum absolute atomic E-state index is 0.198. The van der Waals surface area contributed by atoms with Crippen molar-refractivity contribution >= 4 is 56.5 Å². The van der Waals surface area contributed by atoms with Gasteiger partial charge in [0.05, 0.1) is 17.7 Å². The number of imide groups is 1. The van der Waals surface area contributed by atoms with Gasteiger partial charge in [0.2, 0.25) is 5.91 Å². The van der Waals surface area contributed by atoms with Gasteiger partial charge in [-0.2, -0.15) is 0 Å². The number of rotatable bonds is 6. The maximum Gasteiger partial charge on any atom is 0.294 e. The van der Waals surface area contributed by atoms with Crippen LogP contribution in [0.5, 0.6) is 5.75 Å². The largest absolute Gasteiger partial charge is 0.497 e. The number of hydrogen-bond donors (Lipinski definition) is 1. The first-order chi connectivity index (χ1) is 16.7. The normalized spacial score (nSPS) is 14.7. The molecule has 1 aliphatic heterocycles. The highest BCUT2D eigenvalue weighted by molar-refractivity contribution is 9.10. The monoisotopic (exact) mass is 557 g/mol. The number of ether oxygens (including phenoxy) is 1. The Morgan fingerprint density at radius 3 is 2.51 bits per heavy atom. The van der Waals surface area contributed by atoms with E-state index < -0.39 is 29.4 Å². The number of aryl methyl sites for hydroxylation is 1. The molecule has 1 fully saturated rings. The van der Waals surface area contributed by atoms with Gasteiger partial charge in [-0.15, -0.1) is 0 Å². The van der Waals surface area contributed by atoms with Crippen LogP contribution in [-0.2, 0) is 9.59 Å². The van der Waals surface area contributed by atoms with Gasteiger partial charge in [-0.05, 0) is 85.8 Å². The van der Waals surface area contributed by atoms with Crippen molar-refractivity contribution in [1.82, 2.24) is 9.47 Å². The molecule has 0 saturated carbocycles. The van der Waals surface area contributed by atoms with Crippen LogP contribution in [0.25, 0.3) is 11.8 Å². The number of amides is 3. The Balaban J connectivity index is 1.52. The van der Waals surface area contributed by atoms with Gasteiger partial charge in [-0.25, -0.2) is 4.39 Å². The van der Waals surface area contributed by atoms with Gasteiger partial charge in [-0.3, -0.25) is 19.3 Å². The molecule has 0 spiro atoms. The highest BCUT2D eigenvalue weighted by Crippen LogP contribution is 2.34. The summed E-state index contributed by atoms with van der Waals surface area (Å²) in [6.45, 7) is 3.24. The van der Waals surface area contributed by atoms with Gasteiger partial charge in [0.15, 0.2) is 0 Å². The van der Waals surface area contributed by atoms with Crippen molar-refractivity contribution in [2.75, 3.05) is 19.0 Å². The number of aromatic nitrogens is 1. The van der Waals surface area contributed by atoms with E-state index in [0.29, 0.717) is 32.9 Å². The fourth-order valence-electron chi connectivity index (χ4n) is 3.76. The molecular weight excluding hydrogens is 537 g/mol. The van der Waals surface area contributed by atoms with Crippen molar-refractivity contribution < 1.29 is 23.5 Å². The number of anilines is 1. The lowest BCUT2D eigenvalue weighted by atomic mass is 10.2. The quantitative estimate of drug-likeness (QED) is 0.394. The predicted octanol–water partition coefficient (Wildman–Crippen LogP) is 5.68. The summed E-state index contributed by atoms with van der Waals surface area (Å²) in [6.07, 6.45) is 1.60. The second kappa shape index (κ2) is 10.1. The molecule has 1 saturated heterocycles. The molecule has 0 unspecified atom stereocenters. The van der Waals surface area contributed by atoms with Crippen LogP contribution >= 0.6 is 27.7 Å². The van der Waals surface area contributed by atoms with Crippen LogP contribution < -0.4 is 10.1 Å². The molecule has 2 heterocycles. The molecular formula is C25H21BrFN3O4S. The van der Waals surface area contributed by atoms with Crippen molar-refractivity contribution in [3.05, 3.63) is 80.7 Å². The van der Waals surface area contributed by atoms with Crippen molar-refractivity contribution in [3.8, 4) is 11.4 Å². The molecule has 1 N–H and O–H groups in total. The van der Waals surface area contributed by atoms with E-state index in [2.05, 4.69) is 21.2 Å². The lowest BCUT2D eigenvalue weighted by Crippen LogP contribution is -2.36. The summed E-state index contributed by atoms with van der Waals surface area (Å²) in [5, 5.41) is 2.13. The zero-order valence-corrected chi connectivity index (χ0v) is 21.5. The Labute approximate surface area is 214 Å². The van der Waals surface area contributed by atoms with E-state index in [1.54, 1.807) is 47.0 Å². The average molecular weight is 558 g/mol. The minimum atomic E-state index is -0.551. The maximum absolute atomic E-state index is 14.6. The number of hydrogen-bond acceptors (Lipinski definition) is 5. The Morgan fingerprint density at radius 1 is 1.14 bits per heavy atom. The number of nitrogens with one attached hydrogen (secondary N) is 1. The third kappa shape index (κ3) is 5.18.